The molecule has 8 heteroatoms. The van der Waals surface area contributed by atoms with Crippen LogP contribution in [0.1, 0.15) is 16.7 Å². The second kappa shape index (κ2) is 12.6. The molecule has 39 heavy (non-hydrogen) atoms. The first-order chi connectivity index (χ1) is 18.9. The Bertz CT molecular complexity index is 1530. The van der Waals surface area contributed by atoms with Crippen LogP contribution in [0.15, 0.2) is 101 Å². The highest BCUT2D eigenvalue weighted by atomic mass is 16.5. The van der Waals surface area contributed by atoms with Gasteiger partial charge in [-0.2, -0.15) is 0 Å². The van der Waals surface area contributed by atoms with Gasteiger partial charge in [0.25, 0.3) is 0 Å². The number of benzene rings is 3. The van der Waals surface area contributed by atoms with Gasteiger partial charge in [0, 0.05) is 24.8 Å². The summed E-state index contributed by atoms with van der Waals surface area (Å²) >= 11 is 0. The van der Waals surface area contributed by atoms with Gasteiger partial charge in [-0.3, -0.25) is 9.59 Å². The SMILES string of the molecule is C=CCN(CC(=O)N(Cc1ccccc1)Cc1coc2ccc(C)cc2c1=O)C(=O)Nc1cccc(OC)c1. The fourth-order valence-corrected chi connectivity index (χ4v) is 4.18. The largest absolute Gasteiger partial charge is 0.497 e. The highest BCUT2D eigenvalue weighted by Gasteiger charge is 2.23. The number of amides is 3. The Labute approximate surface area is 227 Å². The summed E-state index contributed by atoms with van der Waals surface area (Å²) < 4.78 is 10.9. The van der Waals surface area contributed by atoms with E-state index in [-0.39, 0.29) is 37.5 Å². The van der Waals surface area contributed by atoms with Crippen molar-refractivity contribution < 1.29 is 18.7 Å². The lowest BCUT2D eigenvalue weighted by atomic mass is 10.1. The summed E-state index contributed by atoms with van der Waals surface area (Å²) in [5.41, 5.74) is 3.01. The standard InChI is InChI=1S/C31H31N3O5/c1-4-15-33(31(37)32-25-11-8-12-26(17-25)38-3)20-29(35)34(18-23-9-6-5-7-10-23)19-24-21-39-28-14-13-22(2)16-27(28)30(24)36/h4-14,16-17,21H,1,15,18-20H2,2-3H3,(H,32,37). The second-order valence-corrected chi connectivity index (χ2v) is 9.16. The first kappa shape index (κ1) is 27.2. The number of ether oxygens (including phenoxy) is 1. The predicted molar refractivity (Wildman–Crippen MR) is 152 cm³/mol. The van der Waals surface area contributed by atoms with Crippen molar-refractivity contribution in [2.75, 3.05) is 25.5 Å². The molecule has 0 saturated heterocycles. The van der Waals surface area contributed by atoms with E-state index in [4.69, 9.17) is 9.15 Å². The summed E-state index contributed by atoms with van der Waals surface area (Å²) in [5, 5.41) is 3.27. The van der Waals surface area contributed by atoms with Crippen LogP contribution in [0.25, 0.3) is 11.0 Å². The lowest BCUT2D eigenvalue weighted by Crippen LogP contribution is -2.44. The van der Waals surface area contributed by atoms with Gasteiger partial charge in [-0.1, -0.05) is 54.1 Å². The number of hydrogen-bond donors (Lipinski definition) is 1. The number of nitrogens with zero attached hydrogens (tertiary/aromatic N) is 2. The van der Waals surface area contributed by atoms with Crippen molar-refractivity contribution in [2.24, 2.45) is 0 Å². The molecule has 1 heterocycles. The van der Waals surface area contributed by atoms with Gasteiger partial charge in [0.1, 0.15) is 17.9 Å². The number of urea groups is 1. The van der Waals surface area contributed by atoms with E-state index in [0.29, 0.717) is 28.0 Å². The van der Waals surface area contributed by atoms with Crippen molar-refractivity contribution in [3.05, 3.63) is 119 Å². The zero-order valence-electron chi connectivity index (χ0n) is 22.1. The maximum Gasteiger partial charge on any atom is 0.322 e. The Morgan fingerprint density at radius 3 is 2.54 bits per heavy atom. The lowest BCUT2D eigenvalue weighted by Gasteiger charge is -2.27. The van der Waals surface area contributed by atoms with Crippen LogP contribution in [-0.4, -0.2) is 41.9 Å². The Kier molecular flexibility index (Phi) is 8.78. The zero-order valence-corrected chi connectivity index (χ0v) is 22.1. The molecular formula is C31H31N3O5. The number of rotatable bonds is 10. The van der Waals surface area contributed by atoms with Crippen molar-refractivity contribution in [2.45, 2.75) is 20.0 Å². The number of nitrogens with one attached hydrogen (secondary N) is 1. The number of carbonyl (C=O) groups is 2. The summed E-state index contributed by atoms with van der Waals surface area (Å²) in [7, 11) is 1.54. The molecule has 3 aromatic carbocycles. The Morgan fingerprint density at radius 1 is 1.00 bits per heavy atom. The molecule has 3 amide bonds. The van der Waals surface area contributed by atoms with E-state index >= 15 is 0 Å². The summed E-state index contributed by atoms with van der Waals surface area (Å²) in [5.74, 6) is 0.267. The third-order valence-corrected chi connectivity index (χ3v) is 6.21. The summed E-state index contributed by atoms with van der Waals surface area (Å²) in [4.78, 5) is 42.9. The Morgan fingerprint density at radius 2 is 1.79 bits per heavy atom. The highest BCUT2D eigenvalue weighted by Crippen LogP contribution is 2.18. The van der Waals surface area contributed by atoms with Gasteiger partial charge in [0.15, 0.2) is 5.43 Å². The molecule has 4 aromatic rings. The monoisotopic (exact) mass is 525 g/mol. The Balaban J connectivity index is 1.58. The molecule has 1 aromatic heterocycles. The van der Waals surface area contributed by atoms with Gasteiger partial charge in [-0.05, 0) is 36.8 Å². The smallest absolute Gasteiger partial charge is 0.322 e. The van der Waals surface area contributed by atoms with Gasteiger partial charge in [-0.15, -0.1) is 6.58 Å². The Hall–Kier alpha value is -4.85. The van der Waals surface area contributed by atoms with Crippen LogP contribution in [0, 0.1) is 6.92 Å². The molecule has 0 radical (unpaired) electrons. The normalized spacial score (nSPS) is 10.6. The van der Waals surface area contributed by atoms with Gasteiger partial charge >= 0.3 is 6.03 Å². The van der Waals surface area contributed by atoms with Crippen molar-refractivity contribution >= 4 is 28.6 Å². The molecule has 0 spiro atoms. The molecule has 4 rings (SSSR count). The van der Waals surface area contributed by atoms with Gasteiger partial charge < -0.3 is 24.3 Å². The minimum atomic E-state index is -0.461. The summed E-state index contributed by atoms with van der Waals surface area (Å²) in [6.45, 7) is 5.85. The summed E-state index contributed by atoms with van der Waals surface area (Å²) in [6.07, 6.45) is 2.96. The average Bonchev–Trinajstić information content (AvgIpc) is 2.94. The third kappa shape index (κ3) is 6.93. The van der Waals surface area contributed by atoms with Crippen molar-refractivity contribution in [1.82, 2.24) is 9.80 Å². The molecule has 0 saturated carbocycles. The molecule has 0 aliphatic rings. The fraction of sp³-hybridized carbons (Fsp3) is 0.194. The molecule has 0 fully saturated rings. The minimum absolute atomic E-state index is 0.0272. The maximum atomic E-state index is 13.6. The number of fused-ring (bicyclic) bond motifs is 1. The quantitative estimate of drug-likeness (QED) is 0.282. The van der Waals surface area contributed by atoms with E-state index in [9.17, 15) is 14.4 Å². The molecule has 0 bridgehead atoms. The molecule has 0 unspecified atom stereocenters. The van der Waals surface area contributed by atoms with Crippen LogP contribution in [0.2, 0.25) is 0 Å². The highest BCUT2D eigenvalue weighted by molar-refractivity contribution is 5.92. The molecule has 0 aliphatic carbocycles. The van der Waals surface area contributed by atoms with Crippen molar-refractivity contribution in [3.8, 4) is 5.75 Å². The molecule has 8 nitrogen and oxygen atoms in total. The molecular weight excluding hydrogens is 494 g/mol. The van der Waals surface area contributed by atoms with Gasteiger partial charge in [0.2, 0.25) is 5.91 Å². The van der Waals surface area contributed by atoms with Crippen LogP contribution in [0.4, 0.5) is 10.5 Å². The molecule has 1 N–H and O–H groups in total. The first-order valence-corrected chi connectivity index (χ1v) is 12.5. The van der Waals surface area contributed by atoms with Gasteiger partial charge in [-0.25, -0.2) is 4.79 Å². The van der Waals surface area contributed by atoms with Crippen LogP contribution in [0.3, 0.4) is 0 Å². The van der Waals surface area contributed by atoms with E-state index in [0.717, 1.165) is 11.1 Å². The fourth-order valence-electron chi connectivity index (χ4n) is 4.18. The van der Waals surface area contributed by atoms with E-state index in [2.05, 4.69) is 11.9 Å². The average molecular weight is 526 g/mol. The number of carbonyl (C=O) groups excluding carboxylic acids is 2. The van der Waals surface area contributed by atoms with Crippen LogP contribution in [-0.2, 0) is 17.9 Å². The topological polar surface area (TPSA) is 92.1 Å². The molecule has 0 aliphatic heterocycles. The first-order valence-electron chi connectivity index (χ1n) is 12.5. The number of methoxy groups -OCH3 is 1. The van der Waals surface area contributed by atoms with Gasteiger partial charge in [0.05, 0.1) is 30.9 Å². The van der Waals surface area contributed by atoms with E-state index in [1.54, 1.807) is 54.5 Å². The van der Waals surface area contributed by atoms with Crippen LogP contribution in [0.5, 0.6) is 5.75 Å². The molecule has 0 atom stereocenters. The van der Waals surface area contributed by atoms with Crippen LogP contribution >= 0.6 is 0 Å². The molecule has 200 valence electrons. The lowest BCUT2D eigenvalue weighted by molar-refractivity contribution is -0.133. The predicted octanol–water partition coefficient (Wildman–Crippen LogP) is 5.36. The van der Waals surface area contributed by atoms with E-state index in [1.165, 1.54) is 11.2 Å². The van der Waals surface area contributed by atoms with Crippen LogP contribution < -0.4 is 15.5 Å². The minimum Gasteiger partial charge on any atom is -0.497 e. The maximum absolute atomic E-state index is 13.6. The second-order valence-electron chi connectivity index (χ2n) is 9.16. The number of aryl methyl sites for hydroxylation is 1. The number of anilines is 1. The van der Waals surface area contributed by atoms with Crippen molar-refractivity contribution in [1.29, 1.82) is 0 Å². The van der Waals surface area contributed by atoms with Crippen molar-refractivity contribution in [3.63, 3.8) is 0 Å². The van der Waals surface area contributed by atoms with E-state index in [1.807, 2.05) is 43.3 Å². The summed E-state index contributed by atoms with van der Waals surface area (Å²) in [6, 6.07) is 21.4. The van der Waals surface area contributed by atoms with E-state index < -0.39 is 6.03 Å². The third-order valence-electron chi connectivity index (χ3n) is 6.21. The number of hydrogen-bond acceptors (Lipinski definition) is 5. The zero-order chi connectivity index (χ0) is 27.8.